The summed E-state index contributed by atoms with van der Waals surface area (Å²) in [6.45, 7) is 5.41. The molecule has 5 nitrogen and oxygen atoms in total. The van der Waals surface area contributed by atoms with Crippen LogP contribution in [0.4, 0.5) is 0 Å². The molecule has 1 N–H and O–H groups in total. The van der Waals surface area contributed by atoms with Gasteiger partial charge in [0.1, 0.15) is 0 Å². The number of carbonyl (C=O) groups excluding carboxylic acids is 1. The van der Waals surface area contributed by atoms with E-state index < -0.39 is 0 Å². The van der Waals surface area contributed by atoms with Crippen LogP contribution >= 0.6 is 34.7 Å². The number of halogens is 1. The summed E-state index contributed by atoms with van der Waals surface area (Å²) in [6, 6.07) is 11.7. The number of nitrogens with one attached hydrogen (secondary N) is 1. The number of hydrogen-bond acceptors (Lipinski definition) is 5. The fourth-order valence-corrected chi connectivity index (χ4v) is 4.50. The predicted molar refractivity (Wildman–Crippen MR) is 121 cm³/mol. The van der Waals surface area contributed by atoms with Crippen molar-refractivity contribution in [2.45, 2.75) is 37.8 Å². The predicted octanol–water partition coefficient (Wildman–Crippen LogP) is 5.27. The Balaban J connectivity index is 1.65. The summed E-state index contributed by atoms with van der Waals surface area (Å²) in [7, 11) is 0. The van der Waals surface area contributed by atoms with Crippen molar-refractivity contribution in [2.24, 2.45) is 5.92 Å². The second kappa shape index (κ2) is 10.6. The summed E-state index contributed by atoms with van der Waals surface area (Å²) in [5, 5.41) is 15.1. The van der Waals surface area contributed by atoms with E-state index in [4.69, 9.17) is 11.6 Å². The third kappa shape index (κ3) is 6.45. The third-order valence-electron chi connectivity index (χ3n) is 4.02. The molecular weight excluding hydrogens is 424 g/mol. The first-order valence-electron chi connectivity index (χ1n) is 9.30. The van der Waals surface area contributed by atoms with E-state index in [0.717, 1.165) is 33.0 Å². The van der Waals surface area contributed by atoms with Crippen molar-refractivity contribution in [1.82, 2.24) is 20.1 Å². The van der Waals surface area contributed by atoms with Crippen molar-refractivity contribution >= 4 is 46.7 Å². The zero-order chi connectivity index (χ0) is 20.6. The molecule has 29 heavy (non-hydrogen) atoms. The van der Waals surface area contributed by atoms with Crippen molar-refractivity contribution in [2.75, 3.05) is 0 Å². The van der Waals surface area contributed by atoms with Crippen LogP contribution in [-0.4, -0.2) is 20.7 Å². The number of hydrogen-bond donors (Lipinski definition) is 1. The maximum absolute atomic E-state index is 12.1. The third-order valence-corrected chi connectivity index (χ3v) is 6.24. The van der Waals surface area contributed by atoms with E-state index in [1.165, 1.54) is 0 Å². The van der Waals surface area contributed by atoms with Gasteiger partial charge in [0.25, 0.3) is 0 Å². The Morgan fingerprint density at radius 2 is 2.10 bits per heavy atom. The maximum Gasteiger partial charge on any atom is 0.244 e. The highest BCUT2D eigenvalue weighted by atomic mass is 35.5. The zero-order valence-electron chi connectivity index (χ0n) is 16.3. The summed E-state index contributed by atoms with van der Waals surface area (Å²) >= 11 is 9.45. The van der Waals surface area contributed by atoms with Crippen LogP contribution in [0.2, 0.25) is 5.02 Å². The molecule has 152 valence electrons. The Morgan fingerprint density at radius 1 is 1.28 bits per heavy atom. The molecule has 0 atom stereocenters. The fourth-order valence-electron chi connectivity index (χ4n) is 2.63. The molecule has 3 aromatic rings. The molecule has 0 radical (unpaired) electrons. The van der Waals surface area contributed by atoms with Gasteiger partial charge in [-0.3, -0.25) is 4.79 Å². The molecule has 0 unspecified atom stereocenters. The maximum atomic E-state index is 12.1. The number of thioether (sulfide) groups is 1. The minimum atomic E-state index is -0.150. The molecule has 3 rings (SSSR count). The van der Waals surface area contributed by atoms with E-state index >= 15 is 0 Å². The lowest BCUT2D eigenvalue weighted by Gasteiger charge is -2.13. The Hall–Kier alpha value is -2.09. The van der Waals surface area contributed by atoms with Crippen LogP contribution in [-0.2, 0) is 23.6 Å². The van der Waals surface area contributed by atoms with Gasteiger partial charge in [-0.2, -0.15) is 0 Å². The number of nitrogens with zero attached hydrogens (tertiary/aromatic N) is 3. The number of rotatable bonds is 9. The molecule has 0 aliphatic heterocycles. The molecule has 0 spiro atoms. The zero-order valence-corrected chi connectivity index (χ0v) is 18.7. The van der Waals surface area contributed by atoms with Gasteiger partial charge in [-0.05, 0) is 35.1 Å². The molecule has 0 saturated carbocycles. The number of thiophene rings is 1. The van der Waals surface area contributed by atoms with Crippen LogP contribution in [0.25, 0.3) is 6.08 Å². The van der Waals surface area contributed by atoms with E-state index in [9.17, 15) is 4.79 Å². The van der Waals surface area contributed by atoms with Crippen LogP contribution < -0.4 is 5.32 Å². The molecule has 0 aliphatic carbocycles. The number of aromatic nitrogens is 3. The molecule has 0 saturated heterocycles. The minimum Gasteiger partial charge on any atom is -0.345 e. The van der Waals surface area contributed by atoms with Crippen molar-refractivity contribution in [3.8, 4) is 0 Å². The molecule has 2 heterocycles. The van der Waals surface area contributed by atoms with E-state index in [-0.39, 0.29) is 5.91 Å². The standard InChI is InChI=1S/C21H23ClN4OS2/c1-15(2)13-26-19(12-23-20(27)10-9-17-7-5-11-28-17)24-25-21(26)29-14-16-6-3-4-8-18(16)22/h3-11,15H,12-14H2,1-2H3,(H,23,27). The largest absolute Gasteiger partial charge is 0.345 e. The van der Waals surface area contributed by atoms with Gasteiger partial charge in [0.2, 0.25) is 5.91 Å². The minimum absolute atomic E-state index is 0.150. The second-order valence-electron chi connectivity index (χ2n) is 6.85. The Kier molecular flexibility index (Phi) is 7.91. The summed E-state index contributed by atoms with van der Waals surface area (Å²) in [4.78, 5) is 13.2. The number of amides is 1. The first-order valence-corrected chi connectivity index (χ1v) is 11.5. The van der Waals surface area contributed by atoms with Crippen molar-refractivity contribution in [3.05, 3.63) is 69.1 Å². The summed E-state index contributed by atoms with van der Waals surface area (Å²) in [5.74, 6) is 1.74. The molecule has 8 heteroatoms. The number of benzene rings is 1. The Morgan fingerprint density at radius 3 is 2.83 bits per heavy atom. The lowest BCUT2D eigenvalue weighted by molar-refractivity contribution is -0.116. The fraction of sp³-hybridized carbons (Fsp3) is 0.286. The topological polar surface area (TPSA) is 59.8 Å². The lowest BCUT2D eigenvalue weighted by Crippen LogP contribution is -2.23. The average molecular weight is 447 g/mol. The highest BCUT2D eigenvalue weighted by molar-refractivity contribution is 7.98. The van der Waals surface area contributed by atoms with Gasteiger partial charge in [0, 0.05) is 28.3 Å². The van der Waals surface area contributed by atoms with E-state index in [1.807, 2.05) is 47.9 Å². The first-order chi connectivity index (χ1) is 14.0. The highest BCUT2D eigenvalue weighted by Crippen LogP contribution is 2.26. The van der Waals surface area contributed by atoms with Crippen LogP contribution in [0.5, 0.6) is 0 Å². The van der Waals surface area contributed by atoms with Gasteiger partial charge in [0.15, 0.2) is 11.0 Å². The lowest BCUT2D eigenvalue weighted by atomic mass is 10.2. The van der Waals surface area contributed by atoms with Crippen molar-refractivity contribution in [1.29, 1.82) is 0 Å². The second-order valence-corrected chi connectivity index (χ2v) is 9.18. The molecule has 0 bridgehead atoms. The summed E-state index contributed by atoms with van der Waals surface area (Å²) in [6.07, 6.45) is 3.35. The smallest absolute Gasteiger partial charge is 0.244 e. The monoisotopic (exact) mass is 446 g/mol. The van der Waals surface area contributed by atoms with Crippen molar-refractivity contribution < 1.29 is 4.79 Å². The molecule has 0 aliphatic rings. The van der Waals surface area contributed by atoms with Gasteiger partial charge in [-0.1, -0.05) is 61.5 Å². The van der Waals surface area contributed by atoms with E-state index in [0.29, 0.717) is 18.2 Å². The van der Waals surface area contributed by atoms with Crippen LogP contribution in [0.15, 0.2) is 53.0 Å². The van der Waals surface area contributed by atoms with Crippen LogP contribution in [0.3, 0.4) is 0 Å². The summed E-state index contributed by atoms with van der Waals surface area (Å²) in [5.41, 5.74) is 1.06. The van der Waals surface area contributed by atoms with Crippen molar-refractivity contribution in [3.63, 3.8) is 0 Å². The highest BCUT2D eigenvalue weighted by Gasteiger charge is 2.15. The van der Waals surface area contributed by atoms with E-state index in [1.54, 1.807) is 29.2 Å². The van der Waals surface area contributed by atoms with Gasteiger partial charge >= 0.3 is 0 Å². The van der Waals surface area contributed by atoms with Crippen LogP contribution in [0.1, 0.15) is 30.1 Å². The Labute approximate surface area is 184 Å². The molecule has 0 fully saturated rings. The molecule has 1 aromatic carbocycles. The molecule has 1 amide bonds. The average Bonchev–Trinajstić information content (AvgIpc) is 3.34. The first kappa shape index (κ1) is 21.6. The SMILES string of the molecule is CC(C)Cn1c(CNC(=O)C=Cc2cccs2)nnc1SCc1ccccc1Cl. The summed E-state index contributed by atoms with van der Waals surface area (Å²) < 4.78 is 2.08. The van der Waals surface area contributed by atoms with Gasteiger partial charge in [0.05, 0.1) is 6.54 Å². The normalized spacial score (nSPS) is 11.4. The molecular formula is C21H23ClN4OS2. The Bertz CT molecular complexity index is 967. The van der Waals surface area contributed by atoms with Gasteiger partial charge in [-0.25, -0.2) is 0 Å². The van der Waals surface area contributed by atoms with Crippen LogP contribution in [0, 0.1) is 5.92 Å². The van der Waals surface area contributed by atoms with Gasteiger partial charge < -0.3 is 9.88 Å². The number of carbonyl (C=O) groups is 1. The van der Waals surface area contributed by atoms with Gasteiger partial charge in [-0.15, -0.1) is 21.5 Å². The molecule has 2 aromatic heterocycles. The van der Waals surface area contributed by atoms with E-state index in [2.05, 4.69) is 33.9 Å². The quantitative estimate of drug-likeness (QED) is 0.359.